The van der Waals surface area contributed by atoms with Crippen LogP contribution in [0.2, 0.25) is 0 Å². The Kier molecular flexibility index (Phi) is 5.13. The van der Waals surface area contributed by atoms with Gasteiger partial charge in [0.25, 0.3) is 5.91 Å². The van der Waals surface area contributed by atoms with Crippen molar-refractivity contribution in [2.24, 2.45) is 5.41 Å². The molecular formula is C18H29N5O2. The van der Waals surface area contributed by atoms with Gasteiger partial charge in [-0.3, -0.25) is 9.59 Å². The minimum Gasteiger partial charge on any atom is -0.341 e. The summed E-state index contributed by atoms with van der Waals surface area (Å²) in [6, 6.07) is 0. The lowest BCUT2D eigenvalue weighted by molar-refractivity contribution is -0.139. The van der Waals surface area contributed by atoms with E-state index in [9.17, 15) is 9.59 Å². The summed E-state index contributed by atoms with van der Waals surface area (Å²) >= 11 is 0. The molecular weight excluding hydrogens is 318 g/mol. The Morgan fingerprint density at radius 2 is 2.16 bits per heavy atom. The average molecular weight is 347 g/mol. The minimum atomic E-state index is -0.0242. The van der Waals surface area contributed by atoms with Crippen molar-refractivity contribution in [1.82, 2.24) is 24.7 Å². The van der Waals surface area contributed by atoms with Crippen molar-refractivity contribution < 1.29 is 9.59 Å². The maximum atomic E-state index is 12.7. The molecule has 0 bridgehead atoms. The third kappa shape index (κ3) is 4.03. The Morgan fingerprint density at radius 1 is 1.36 bits per heavy atom. The van der Waals surface area contributed by atoms with E-state index in [-0.39, 0.29) is 17.2 Å². The number of likely N-dealkylation sites (N-methyl/N-ethyl adjacent to an activating group) is 1. The van der Waals surface area contributed by atoms with Crippen molar-refractivity contribution in [3.63, 3.8) is 0 Å². The minimum absolute atomic E-state index is 0.0242. The summed E-state index contributed by atoms with van der Waals surface area (Å²) in [5, 5.41) is 0. The van der Waals surface area contributed by atoms with Gasteiger partial charge in [-0.1, -0.05) is 0 Å². The molecule has 1 aromatic rings. The van der Waals surface area contributed by atoms with Gasteiger partial charge in [0.1, 0.15) is 0 Å². The van der Waals surface area contributed by atoms with E-state index in [1.54, 1.807) is 6.20 Å². The number of H-pyrrole nitrogens is 1. The first-order valence-corrected chi connectivity index (χ1v) is 9.12. The van der Waals surface area contributed by atoms with E-state index in [1.165, 1.54) is 0 Å². The number of nitrogens with one attached hydrogen (secondary N) is 1. The van der Waals surface area contributed by atoms with Gasteiger partial charge in [-0.2, -0.15) is 0 Å². The molecule has 2 amide bonds. The highest BCUT2D eigenvalue weighted by Crippen LogP contribution is 2.39. The number of nitrogens with zero attached hydrogens (tertiary/aromatic N) is 4. The van der Waals surface area contributed by atoms with Crippen molar-refractivity contribution in [1.29, 1.82) is 0 Å². The molecule has 0 saturated carbocycles. The van der Waals surface area contributed by atoms with Crippen molar-refractivity contribution in [2.75, 3.05) is 46.8 Å². The first-order valence-electron chi connectivity index (χ1n) is 9.12. The number of imidazole rings is 1. The van der Waals surface area contributed by atoms with Crippen molar-refractivity contribution in [3.05, 3.63) is 17.7 Å². The number of aromatic amines is 1. The summed E-state index contributed by atoms with van der Waals surface area (Å²) in [5.41, 5.74) is 0.934. The van der Waals surface area contributed by atoms with Crippen LogP contribution in [-0.4, -0.2) is 83.3 Å². The number of aryl methyl sites for hydroxylation is 1. The van der Waals surface area contributed by atoms with Crippen LogP contribution in [0.4, 0.5) is 0 Å². The van der Waals surface area contributed by atoms with Crippen molar-refractivity contribution in [3.8, 4) is 0 Å². The number of carbonyl (C=O) groups is 2. The van der Waals surface area contributed by atoms with E-state index < -0.39 is 0 Å². The predicted octanol–water partition coefficient (Wildman–Crippen LogP) is 1.12. The van der Waals surface area contributed by atoms with E-state index in [1.807, 2.05) is 30.8 Å². The quantitative estimate of drug-likeness (QED) is 0.886. The molecule has 25 heavy (non-hydrogen) atoms. The summed E-state index contributed by atoms with van der Waals surface area (Å²) in [6.07, 6.45) is 5.23. The molecule has 2 aliphatic heterocycles. The van der Waals surface area contributed by atoms with Gasteiger partial charge in [0.2, 0.25) is 5.91 Å². The highest BCUT2D eigenvalue weighted by atomic mass is 16.2. The van der Waals surface area contributed by atoms with Gasteiger partial charge in [-0.05, 0) is 40.3 Å². The molecule has 1 aromatic heterocycles. The largest absolute Gasteiger partial charge is 0.341 e. The van der Waals surface area contributed by atoms with Gasteiger partial charge in [-0.25, -0.2) is 4.98 Å². The number of amides is 2. The molecule has 7 heteroatoms. The highest BCUT2D eigenvalue weighted by Gasteiger charge is 2.43. The molecule has 2 fully saturated rings. The number of likely N-dealkylation sites (tertiary alicyclic amines) is 2. The fourth-order valence-corrected chi connectivity index (χ4v) is 4.01. The van der Waals surface area contributed by atoms with Crippen LogP contribution in [0.25, 0.3) is 0 Å². The molecule has 0 aromatic carbocycles. The summed E-state index contributed by atoms with van der Waals surface area (Å²) in [5.74, 6) is 0.646. The summed E-state index contributed by atoms with van der Waals surface area (Å²) < 4.78 is 0. The number of rotatable bonds is 4. The second-order valence-electron chi connectivity index (χ2n) is 7.86. The second-order valence-corrected chi connectivity index (χ2v) is 7.86. The Balaban J connectivity index is 1.68. The normalized spacial score (nSPS) is 24.4. The zero-order chi connectivity index (χ0) is 18.0. The maximum absolute atomic E-state index is 12.7. The Hall–Kier alpha value is -1.89. The molecule has 1 spiro atoms. The monoisotopic (exact) mass is 347 g/mol. The summed E-state index contributed by atoms with van der Waals surface area (Å²) in [4.78, 5) is 38.3. The molecule has 138 valence electrons. The molecule has 0 unspecified atom stereocenters. The molecule has 3 heterocycles. The number of hydrogen-bond donors (Lipinski definition) is 1. The lowest BCUT2D eigenvalue weighted by atomic mass is 9.73. The lowest BCUT2D eigenvalue weighted by Crippen LogP contribution is -2.55. The van der Waals surface area contributed by atoms with E-state index in [2.05, 4.69) is 14.9 Å². The number of carbonyl (C=O) groups excluding carboxylic acids is 2. The molecule has 2 saturated heterocycles. The third-order valence-corrected chi connectivity index (χ3v) is 5.42. The zero-order valence-electron chi connectivity index (χ0n) is 15.5. The standard InChI is InChI=1S/C18H29N5O2/c1-14-11-19-16(20-14)17(25)23-8-4-6-18(13-23)7-5-15(24)22(12-18)10-9-21(2)3/h11H,4-10,12-13H2,1-3H3,(H,19,20)/t18-/m1/s1. The molecule has 0 aliphatic carbocycles. The van der Waals surface area contributed by atoms with E-state index in [4.69, 9.17) is 0 Å². The van der Waals surface area contributed by atoms with Crippen LogP contribution in [0.1, 0.15) is 42.0 Å². The molecule has 7 nitrogen and oxygen atoms in total. The van der Waals surface area contributed by atoms with Crippen LogP contribution in [0, 0.1) is 12.3 Å². The first-order chi connectivity index (χ1) is 11.9. The van der Waals surface area contributed by atoms with Gasteiger partial charge >= 0.3 is 0 Å². The fourth-order valence-electron chi connectivity index (χ4n) is 4.01. The number of aromatic nitrogens is 2. The Bertz CT molecular complexity index is 641. The van der Waals surface area contributed by atoms with Gasteiger partial charge in [-0.15, -0.1) is 0 Å². The maximum Gasteiger partial charge on any atom is 0.289 e. The number of hydrogen-bond acceptors (Lipinski definition) is 4. The van der Waals surface area contributed by atoms with Gasteiger partial charge in [0.05, 0.1) is 0 Å². The smallest absolute Gasteiger partial charge is 0.289 e. The SMILES string of the molecule is Cc1cnc(C(=O)N2CCC[C@]3(CCC(=O)N(CCN(C)C)C3)C2)[nH]1. The van der Waals surface area contributed by atoms with Crippen molar-refractivity contribution >= 4 is 11.8 Å². The van der Waals surface area contributed by atoms with E-state index in [0.29, 0.717) is 12.2 Å². The van der Waals surface area contributed by atoms with Crippen LogP contribution in [0.5, 0.6) is 0 Å². The second kappa shape index (κ2) is 7.15. The van der Waals surface area contributed by atoms with Gasteiger partial charge in [0.15, 0.2) is 5.82 Å². The topological polar surface area (TPSA) is 72.5 Å². The first kappa shape index (κ1) is 17.9. The predicted molar refractivity (Wildman–Crippen MR) is 95.3 cm³/mol. The molecule has 0 radical (unpaired) electrons. The Labute approximate surface area is 149 Å². The van der Waals surface area contributed by atoms with Gasteiger partial charge in [0, 0.05) is 56.5 Å². The average Bonchev–Trinajstić information content (AvgIpc) is 3.02. The summed E-state index contributed by atoms with van der Waals surface area (Å²) in [6.45, 7) is 5.79. The summed E-state index contributed by atoms with van der Waals surface area (Å²) in [7, 11) is 4.05. The van der Waals surface area contributed by atoms with E-state index >= 15 is 0 Å². The van der Waals surface area contributed by atoms with Crippen LogP contribution in [0.15, 0.2) is 6.20 Å². The van der Waals surface area contributed by atoms with Crippen LogP contribution in [-0.2, 0) is 4.79 Å². The van der Waals surface area contributed by atoms with Crippen LogP contribution in [0.3, 0.4) is 0 Å². The zero-order valence-corrected chi connectivity index (χ0v) is 15.5. The highest BCUT2D eigenvalue weighted by molar-refractivity contribution is 5.90. The van der Waals surface area contributed by atoms with Crippen LogP contribution >= 0.6 is 0 Å². The fraction of sp³-hybridized carbons (Fsp3) is 0.722. The van der Waals surface area contributed by atoms with Gasteiger partial charge < -0.3 is 19.7 Å². The molecule has 3 rings (SSSR count). The lowest BCUT2D eigenvalue weighted by Gasteiger charge is -2.48. The number of piperidine rings is 2. The molecule has 2 aliphatic rings. The van der Waals surface area contributed by atoms with Crippen molar-refractivity contribution in [2.45, 2.75) is 32.6 Å². The third-order valence-electron chi connectivity index (χ3n) is 5.42. The van der Waals surface area contributed by atoms with Crippen LogP contribution < -0.4 is 0 Å². The Morgan fingerprint density at radius 3 is 2.84 bits per heavy atom. The van der Waals surface area contributed by atoms with E-state index in [0.717, 1.165) is 57.7 Å². The molecule has 1 N–H and O–H groups in total. The molecule has 1 atom stereocenters.